The molecule has 1 aromatic heterocycles. The summed E-state index contributed by atoms with van der Waals surface area (Å²) in [4.78, 5) is 12.6. The monoisotopic (exact) mass is 347 g/mol. The molecule has 1 amide bonds. The molecule has 0 saturated carbocycles. The number of aromatic nitrogens is 4. The Morgan fingerprint density at radius 1 is 1.21 bits per heavy atom. The Morgan fingerprint density at radius 3 is 2.42 bits per heavy atom. The molecule has 0 aliphatic heterocycles. The summed E-state index contributed by atoms with van der Waals surface area (Å²) in [5.41, 5.74) is 4.23. The van der Waals surface area contributed by atoms with Gasteiger partial charge in [-0.3, -0.25) is 4.79 Å². The van der Waals surface area contributed by atoms with Gasteiger partial charge in [-0.2, -0.15) is 0 Å². The molecule has 2 rings (SSSR count). The van der Waals surface area contributed by atoms with Gasteiger partial charge in [0, 0.05) is 12.2 Å². The number of rotatable bonds is 6. The smallest absolute Gasteiger partial charge is 0.237 e. The van der Waals surface area contributed by atoms with E-state index >= 15 is 0 Å². The van der Waals surface area contributed by atoms with Gasteiger partial charge in [-0.25, -0.2) is 4.68 Å². The van der Waals surface area contributed by atoms with Crippen molar-refractivity contribution >= 4 is 23.4 Å². The fraction of sp³-hybridized carbons (Fsp3) is 0.529. The summed E-state index contributed by atoms with van der Waals surface area (Å²) in [6, 6.07) is 4.15. The zero-order valence-electron chi connectivity index (χ0n) is 15.1. The molecule has 1 N–H and O–H groups in total. The third-order valence-electron chi connectivity index (χ3n) is 3.61. The van der Waals surface area contributed by atoms with E-state index in [0.717, 1.165) is 23.4 Å². The third kappa shape index (κ3) is 4.56. The van der Waals surface area contributed by atoms with Crippen LogP contribution in [0.2, 0.25) is 0 Å². The Bertz CT molecular complexity index is 703. The lowest BCUT2D eigenvalue weighted by Gasteiger charge is -2.16. The first-order valence-electron chi connectivity index (χ1n) is 8.09. The van der Waals surface area contributed by atoms with Crippen molar-refractivity contribution in [2.24, 2.45) is 5.92 Å². The molecule has 0 aliphatic carbocycles. The third-order valence-corrected chi connectivity index (χ3v) is 4.68. The second kappa shape index (κ2) is 7.79. The first-order valence-corrected chi connectivity index (χ1v) is 8.97. The van der Waals surface area contributed by atoms with Gasteiger partial charge in [0.05, 0.1) is 5.25 Å². The molecule has 130 valence electrons. The Morgan fingerprint density at radius 2 is 1.83 bits per heavy atom. The van der Waals surface area contributed by atoms with Crippen molar-refractivity contribution in [2.75, 3.05) is 5.32 Å². The van der Waals surface area contributed by atoms with Crippen molar-refractivity contribution in [3.63, 3.8) is 0 Å². The van der Waals surface area contributed by atoms with Crippen LogP contribution in [0.5, 0.6) is 0 Å². The van der Waals surface area contributed by atoms with Crippen LogP contribution in [0.4, 0.5) is 5.69 Å². The van der Waals surface area contributed by atoms with Crippen LogP contribution in [-0.2, 0) is 11.3 Å². The highest BCUT2D eigenvalue weighted by atomic mass is 32.2. The second-order valence-corrected chi connectivity index (χ2v) is 7.87. The van der Waals surface area contributed by atoms with Gasteiger partial charge in [-0.1, -0.05) is 43.3 Å². The van der Waals surface area contributed by atoms with E-state index in [1.54, 1.807) is 4.68 Å². The summed E-state index contributed by atoms with van der Waals surface area (Å²) in [5, 5.41) is 15.2. The zero-order valence-corrected chi connectivity index (χ0v) is 15.9. The second-order valence-electron chi connectivity index (χ2n) is 6.56. The topological polar surface area (TPSA) is 72.7 Å². The van der Waals surface area contributed by atoms with Crippen LogP contribution in [0.25, 0.3) is 0 Å². The van der Waals surface area contributed by atoms with Crippen LogP contribution in [0.15, 0.2) is 17.3 Å². The number of benzene rings is 1. The first kappa shape index (κ1) is 18.4. The molecule has 2 aromatic rings. The summed E-state index contributed by atoms with van der Waals surface area (Å²) in [6.07, 6.45) is 0. The summed E-state index contributed by atoms with van der Waals surface area (Å²) in [7, 11) is 0. The van der Waals surface area contributed by atoms with Crippen LogP contribution >= 0.6 is 11.8 Å². The fourth-order valence-electron chi connectivity index (χ4n) is 2.55. The lowest BCUT2D eigenvalue weighted by molar-refractivity contribution is -0.115. The van der Waals surface area contributed by atoms with Gasteiger partial charge in [0.1, 0.15) is 0 Å². The fourth-order valence-corrected chi connectivity index (χ4v) is 3.35. The first-order chi connectivity index (χ1) is 11.3. The van der Waals surface area contributed by atoms with E-state index in [2.05, 4.69) is 53.7 Å². The SMILES string of the molecule is Cc1cc(C)c(NC(=O)C(C)Sc2nnnn2CC(C)C)c(C)c1. The lowest BCUT2D eigenvalue weighted by Crippen LogP contribution is -2.24. The van der Waals surface area contributed by atoms with Crippen LogP contribution in [0.3, 0.4) is 0 Å². The average Bonchev–Trinajstić information content (AvgIpc) is 2.88. The Balaban J connectivity index is 2.07. The summed E-state index contributed by atoms with van der Waals surface area (Å²) >= 11 is 1.38. The number of tetrazole rings is 1. The molecule has 1 unspecified atom stereocenters. The van der Waals surface area contributed by atoms with Crippen LogP contribution in [-0.4, -0.2) is 31.4 Å². The maximum Gasteiger partial charge on any atom is 0.237 e. The van der Waals surface area contributed by atoms with Gasteiger partial charge < -0.3 is 5.32 Å². The van der Waals surface area contributed by atoms with E-state index in [0.29, 0.717) is 11.1 Å². The molecule has 1 atom stereocenters. The summed E-state index contributed by atoms with van der Waals surface area (Å²) < 4.78 is 1.75. The van der Waals surface area contributed by atoms with Gasteiger partial charge in [0.15, 0.2) is 0 Å². The molecule has 0 spiro atoms. The molecule has 0 saturated heterocycles. The standard InChI is InChI=1S/C17H25N5OS/c1-10(2)9-22-17(19-20-21-22)24-14(6)16(23)18-15-12(4)7-11(3)8-13(15)5/h7-8,10,14H,9H2,1-6H3,(H,18,23). The van der Waals surface area contributed by atoms with Gasteiger partial charge in [-0.05, 0) is 55.2 Å². The summed E-state index contributed by atoms with van der Waals surface area (Å²) in [5.74, 6) is 0.393. The number of anilines is 1. The average molecular weight is 347 g/mol. The van der Waals surface area contributed by atoms with Crippen molar-refractivity contribution in [2.45, 2.75) is 58.5 Å². The number of nitrogens with zero attached hydrogens (tertiary/aromatic N) is 4. The van der Waals surface area contributed by atoms with Crippen LogP contribution < -0.4 is 5.32 Å². The van der Waals surface area contributed by atoms with Crippen LogP contribution in [0.1, 0.15) is 37.5 Å². The molecule has 7 heteroatoms. The van der Waals surface area contributed by atoms with Crippen molar-refractivity contribution in [1.82, 2.24) is 20.2 Å². The van der Waals surface area contributed by atoms with E-state index in [4.69, 9.17) is 0 Å². The van der Waals surface area contributed by atoms with E-state index in [-0.39, 0.29) is 11.2 Å². The Labute approximate surface area is 147 Å². The number of amides is 1. The number of nitrogens with one attached hydrogen (secondary N) is 1. The van der Waals surface area contributed by atoms with Crippen LogP contribution in [0, 0.1) is 26.7 Å². The molecule has 0 bridgehead atoms. The van der Waals surface area contributed by atoms with Crippen molar-refractivity contribution < 1.29 is 4.79 Å². The maximum atomic E-state index is 12.6. The molecule has 0 fully saturated rings. The van der Waals surface area contributed by atoms with E-state index in [1.165, 1.54) is 17.3 Å². The minimum Gasteiger partial charge on any atom is -0.325 e. The molecule has 1 heterocycles. The minimum atomic E-state index is -0.290. The molecule has 0 aliphatic rings. The molecule has 1 aromatic carbocycles. The number of carbonyl (C=O) groups excluding carboxylic acids is 1. The highest BCUT2D eigenvalue weighted by molar-refractivity contribution is 8.00. The molecule has 24 heavy (non-hydrogen) atoms. The summed E-state index contributed by atoms with van der Waals surface area (Å²) in [6.45, 7) is 12.9. The van der Waals surface area contributed by atoms with E-state index < -0.39 is 0 Å². The lowest BCUT2D eigenvalue weighted by atomic mass is 10.1. The highest BCUT2D eigenvalue weighted by Gasteiger charge is 2.20. The predicted molar refractivity (Wildman–Crippen MR) is 97.3 cm³/mol. The largest absolute Gasteiger partial charge is 0.325 e. The maximum absolute atomic E-state index is 12.6. The molecular formula is C17H25N5OS. The van der Waals surface area contributed by atoms with E-state index in [1.807, 2.05) is 20.8 Å². The number of hydrogen-bond donors (Lipinski definition) is 1. The zero-order chi connectivity index (χ0) is 17.9. The van der Waals surface area contributed by atoms with Crippen molar-refractivity contribution in [3.8, 4) is 0 Å². The number of aryl methyl sites for hydroxylation is 3. The number of hydrogen-bond acceptors (Lipinski definition) is 5. The number of carbonyl (C=O) groups is 1. The van der Waals surface area contributed by atoms with Gasteiger partial charge >= 0.3 is 0 Å². The molecular weight excluding hydrogens is 322 g/mol. The molecule has 0 radical (unpaired) electrons. The Hall–Kier alpha value is -1.89. The number of thioether (sulfide) groups is 1. The van der Waals surface area contributed by atoms with Crippen molar-refractivity contribution in [1.29, 1.82) is 0 Å². The minimum absolute atomic E-state index is 0.0471. The van der Waals surface area contributed by atoms with E-state index in [9.17, 15) is 4.79 Å². The highest BCUT2D eigenvalue weighted by Crippen LogP contribution is 2.25. The van der Waals surface area contributed by atoms with Gasteiger partial charge in [-0.15, -0.1) is 5.10 Å². The normalized spacial score (nSPS) is 12.5. The van der Waals surface area contributed by atoms with Crippen molar-refractivity contribution in [3.05, 3.63) is 28.8 Å². The quantitative estimate of drug-likeness (QED) is 0.811. The predicted octanol–water partition coefficient (Wildman–Crippen LogP) is 3.37. The Kier molecular flexibility index (Phi) is 5.99. The van der Waals surface area contributed by atoms with Gasteiger partial charge in [0.2, 0.25) is 11.1 Å². The van der Waals surface area contributed by atoms with Gasteiger partial charge in [0.25, 0.3) is 0 Å². The molecule has 6 nitrogen and oxygen atoms in total.